The summed E-state index contributed by atoms with van der Waals surface area (Å²) in [4.78, 5) is 14.2. The molecule has 1 aromatic carbocycles. The van der Waals surface area contributed by atoms with E-state index < -0.39 is 11.7 Å². The summed E-state index contributed by atoms with van der Waals surface area (Å²) in [7, 11) is 1.88. The third-order valence-corrected chi connectivity index (χ3v) is 4.45. The van der Waals surface area contributed by atoms with E-state index in [2.05, 4.69) is 5.32 Å². The molecule has 2 unspecified atom stereocenters. The third-order valence-electron chi connectivity index (χ3n) is 4.45. The number of piperidine rings is 1. The van der Waals surface area contributed by atoms with Gasteiger partial charge in [-0.05, 0) is 37.4 Å². The fourth-order valence-electron chi connectivity index (χ4n) is 2.97. The number of alkyl halides is 3. The molecule has 1 fully saturated rings. The number of hydrogen-bond acceptors (Lipinski definition) is 2. The summed E-state index contributed by atoms with van der Waals surface area (Å²) < 4.78 is 38.4. The number of rotatable bonds is 4. The van der Waals surface area contributed by atoms with Crippen LogP contribution in [0.2, 0.25) is 0 Å². The summed E-state index contributed by atoms with van der Waals surface area (Å²) in [5.41, 5.74) is -0.113. The maximum absolute atomic E-state index is 12.8. The predicted octanol–water partition coefficient (Wildman–Crippen LogP) is 3.41. The fourth-order valence-corrected chi connectivity index (χ4v) is 2.97. The zero-order valence-electron chi connectivity index (χ0n) is 13.5. The molecule has 1 amide bonds. The highest BCUT2D eigenvalue weighted by Gasteiger charge is 2.31. The van der Waals surface area contributed by atoms with Crippen molar-refractivity contribution in [3.8, 4) is 0 Å². The molecule has 6 heteroatoms. The molecule has 2 atom stereocenters. The Labute approximate surface area is 134 Å². The summed E-state index contributed by atoms with van der Waals surface area (Å²) >= 11 is 0. The first-order valence-corrected chi connectivity index (χ1v) is 7.93. The molecular weight excluding hydrogens is 305 g/mol. The van der Waals surface area contributed by atoms with Crippen molar-refractivity contribution < 1.29 is 18.0 Å². The van der Waals surface area contributed by atoms with Crippen LogP contribution in [0, 0.1) is 0 Å². The van der Waals surface area contributed by atoms with E-state index in [1.165, 1.54) is 6.07 Å². The largest absolute Gasteiger partial charge is 0.416 e. The molecule has 1 saturated heterocycles. The first kappa shape index (κ1) is 17.8. The van der Waals surface area contributed by atoms with Crippen molar-refractivity contribution in [3.05, 3.63) is 35.4 Å². The molecule has 0 radical (unpaired) electrons. The predicted molar refractivity (Wildman–Crippen MR) is 83.1 cm³/mol. The van der Waals surface area contributed by atoms with Gasteiger partial charge < -0.3 is 10.2 Å². The topological polar surface area (TPSA) is 32.3 Å². The third kappa shape index (κ3) is 4.70. The van der Waals surface area contributed by atoms with Crippen LogP contribution in [0.4, 0.5) is 13.2 Å². The molecule has 1 N–H and O–H groups in total. The normalized spacial score (nSPS) is 20.4. The number of amides is 1. The Morgan fingerprint density at radius 3 is 2.83 bits per heavy atom. The Hall–Kier alpha value is -1.56. The number of hydrogen-bond donors (Lipinski definition) is 1. The molecule has 3 nitrogen and oxygen atoms in total. The van der Waals surface area contributed by atoms with Crippen LogP contribution in [-0.2, 0) is 11.0 Å². The smallest absolute Gasteiger partial charge is 0.341 e. The second-order valence-corrected chi connectivity index (χ2v) is 6.20. The quantitative estimate of drug-likeness (QED) is 0.919. The van der Waals surface area contributed by atoms with Gasteiger partial charge >= 0.3 is 6.18 Å². The van der Waals surface area contributed by atoms with E-state index in [1.807, 2.05) is 11.9 Å². The highest BCUT2D eigenvalue weighted by molar-refractivity contribution is 5.77. The van der Waals surface area contributed by atoms with E-state index in [4.69, 9.17) is 0 Å². The van der Waals surface area contributed by atoms with Crippen LogP contribution in [0.15, 0.2) is 24.3 Å². The molecule has 1 aliphatic heterocycles. The van der Waals surface area contributed by atoms with Gasteiger partial charge in [-0.2, -0.15) is 13.2 Å². The van der Waals surface area contributed by atoms with Crippen LogP contribution in [0.1, 0.15) is 43.2 Å². The molecule has 0 saturated carbocycles. The molecule has 1 aromatic rings. The Balaban J connectivity index is 2.01. The van der Waals surface area contributed by atoms with Crippen LogP contribution in [0.5, 0.6) is 0 Å². The highest BCUT2D eigenvalue weighted by atomic mass is 19.4. The van der Waals surface area contributed by atoms with Gasteiger partial charge in [-0.1, -0.05) is 25.1 Å². The van der Waals surface area contributed by atoms with Crippen LogP contribution >= 0.6 is 0 Å². The number of halogens is 3. The lowest BCUT2D eigenvalue weighted by molar-refractivity contribution is -0.137. The van der Waals surface area contributed by atoms with Gasteiger partial charge in [0.2, 0.25) is 5.91 Å². The van der Waals surface area contributed by atoms with Crippen molar-refractivity contribution in [2.75, 3.05) is 20.1 Å². The Morgan fingerprint density at radius 2 is 2.17 bits per heavy atom. The number of benzene rings is 1. The number of nitrogens with zero attached hydrogens (tertiary/aromatic N) is 1. The van der Waals surface area contributed by atoms with E-state index in [0.717, 1.165) is 31.5 Å². The standard InChI is InChI=1S/C17H23F3N2O/c1-12(13-5-3-6-14(10-13)17(18,19)20)9-16(23)22-8-4-7-15(11-22)21-2/h3,5-6,10,12,15,21H,4,7-9,11H2,1-2H3. The number of likely N-dealkylation sites (tertiary alicyclic amines) is 1. The summed E-state index contributed by atoms with van der Waals surface area (Å²) in [5, 5.41) is 3.18. The summed E-state index contributed by atoms with van der Waals surface area (Å²) in [5.74, 6) is -0.227. The molecule has 0 aliphatic carbocycles. The van der Waals surface area contributed by atoms with Crippen molar-refractivity contribution in [1.29, 1.82) is 0 Å². The van der Waals surface area contributed by atoms with Crippen molar-refractivity contribution >= 4 is 5.91 Å². The Morgan fingerprint density at radius 1 is 1.43 bits per heavy atom. The lowest BCUT2D eigenvalue weighted by Crippen LogP contribution is -2.47. The molecule has 0 spiro atoms. The SMILES string of the molecule is CNC1CCCN(C(=O)CC(C)c2cccc(C(F)(F)F)c2)C1. The fraction of sp³-hybridized carbons (Fsp3) is 0.588. The maximum atomic E-state index is 12.8. The molecule has 128 valence electrons. The Bertz CT molecular complexity index is 545. The van der Waals surface area contributed by atoms with E-state index in [0.29, 0.717) is 18.2 Å². The molecule has 0 aromatic heterocycles. The van der Waals surface area contributed by atoms with Crippen molar-refractivity contribution in [3.63, 3.8) is 0 Å². The second kappa shape index (κ2) is 7.34. The van der Waals surface area contributed by atoms with Gasteiger partial charge in [0.15, 0.2) is 0 Å². The van der Waals surface area contributed by atoms with Gasteiger partial charge in [0.1, 0.15) is 0 Å². The number of carbonyl (C=O) groups is 1. The molecule has 1 aliphatic rings. The average Bonchev–Trinajstić information content (AvgIpc) is 2.54. The van der Waals surface area contributed by atoms with Gasteiger partial charge in [0.25, 0.3) is 0 Å². The van der Waals surface area contributed by atoms with Gasteiger partial charge in [-0.3, -0.25) is 4.79 Å². The van der Waals surface area contributed by atoms with Crippen molar-refractivity contribution in [1.82, 2.24) is 10.2 Å². The lowest BCUT2D eigenvalue weighted by atomic mass is 9.94. The molecule has 2 rings (SSSR count). The number of nitrogens with one attached hydrogen (secondary N) is 1. The zero-order valence-corrected chi connectivity index (χ0v) is 13.5. The summed E-state index contributed by atoms with van der Waals surface area (Å²) in [6, 6.07) is 5.55. The van der Waals surface area contributed by atoms with E-state index in [1.54, 1.807) is 13.0 Å². The average molecular weight is 328 g/mol. The molecule has 23 heavy (non-hydrogen) atoms. The van der Waals surface area contributed by atoms with Crippen molar-refractivity contribution in [2.45, 2.75) is 44.3 Å². The zero-order chi connectivity index (χ0) is 17.0. The second-order valence-electron chi connectivity index (χ2n) is 6.20. The number of likely N-dealkylation sites (N-methyl/N-ethyl adjacent to an activating group) is 1. The van der Waals surface area contributed by atoms with Crippen LogP contribution in [0.25, 0.3) is 0 Å². The molecular formula is C17H23F3N2O. The first-order chi connectivity index (χ1) is 10.8. The molecule has 1 heterocycles. The van der Waals surface area contributed by atoms with E-state index >= 15 is 0 Å². The van der Waals surface area contributed by atoms with Crippen molar-refractivity contribution in [2.24, 2.45) is 0 Å². The van der Waals surface area contributed by atoms with E-state index in [9.17, 15) is 18.0 Å². The van der Waals surface area contributed by atoms with E-state index in [-0.39, 0.29) is 18.2 Å². The van der Waals surface area contributed by atoms with Crippen LogP contribution < -0.4 is 5.32 Å². The minimum atomic E-state index is -4.35. The summed E-state index contributed by atoms with van der Waals surface area (Å²) in [6.45, 7) is 3.20. The number of carbonyl (C=O) groups excluding carboxylic acids is 1. The summed E-state index contributed by atoms with van der Waals surface area (Å²) in [6.07, 6.45) is -2.12. The lowest BCUT2D eigenvalue weighted by Gasteiger charge is -2.33. The first-order valence-electron chi connectivity index (χ1n) is 7.93. The van der Waals surface area contributed by atoms with Gasteiger partial charge in [-0.25, -0.2) is 0 Å². The van der Waals surface area contributed by atoms with Gasteiger partial charge in [-0.15, -0.1) is 0 Å². The van der Waals surface area contributed by atoms with Crippen LogP contribution in [-0.4, -0.2) is 37.0 Å². The maximum Gasteiger partial charge on any atom is 0.416 e. The molecule has 0 bridgehead atoms. The van der Waals surface area contributed by atoms with Gasteiger partial charge in [0.05, 0.1) is 5.56 Å². The minimum absolute atomic E-state index is 0.00913. The van der Waals surface area contributed by atoms with Crippen LogP contribution in [0.3, 0.4) is 0 Å². The van der Waals surface area contributed by atoms with Gasteiger partial charge in [0, 0.05) is 25.6 Å². The monoisotopic (exact) mass is 328 g/mol. The highest BCUT2D eigenvalue weighted by Crippen LogP contribution is 2.32. The minimum Gasteiger partial charge on any atom is -0.341 e. The Kier molecular flexibility index (Phi) is 5.68.